The predicted molar refractivity (Wildman–Crippen MR) is 152 cm³/mol. The van der Waals surface area contributed by atoms with Crippen LogP contribution in [0.4, 0.5) is 25.0 Å². The zero-order valence-electron chi connectivity index (χ0n) is 22.9. The number of ether oxygens (including phenoxy) is 1. The summed E-state index contributed by atoms with van der Waals surface area (Å²) in [5.74, 6) is -4.05. The van der Waals surface area contributed by atoms with Crippen LogP contribution in [0.1, 0.15) is 6.92 Å². The number of amides is 4. The van der Waals surface area contributed by atoms with Crippen molar-refractivity contribution in [2.24, 2.45) is 13.0 Å². The Morgan fingerprint density at radius 2 is 1.79 bits per heavy atom. The number of benzene rings is 2. The van der Waals surface area contributed by atoms with E-state index in [0.29, 0.717) is 11.3 Å². The van der Waals surface area contributed by atoms with Crippen LogP contribution in [0.25, 0.3) is 16.6 Å². The van der Waals surface area contributed by atoms with E-state index in [2.05, 4.69) is 15.5 Å². The summed E-state index contributed by atoms with van der Waals surface area (Å²) >= 11 is 0. The fourth-order valence-corrected chi connectivity index (χ4v) is 4.72. The lowest BCUT2D eigenvalue weighted by atomic mass is 10.1. The molecule has 4 heterocycles. The number of nitrogens with one attached hydrogen (secondary N) is 1. The molecule has 0 radical (unpaired) electrons. The number of carbonyl (C=O) groups is 3. The number of anilines is 2. The molecule has 1 aliphatic rings. The van der Waals surface area contributed by atoms with Crippen molar-refractivity contribution in [3.05, 3.63) is 91.0 Å². The molecule has 0 fully saturated rings. The average molecular weight is 585 g/mol. The molecule has 0 spiro atoms. The number of pyridine rings is 1. The summed E-state index contributed by atoms with van der Waals surface area (Å²) in [4.78, 5) is 40.1. The van der Waals surface area contributed by atoms with Gasteiger partial charge in [-0.1, -0.05) is 0 Å². The molecule has 11 nitrogen and oxygen atoms in total. The maximum absolute atomic E-state index is 15.3. The van der Waals surface area contributed by atoms with E-state index in [-0.39, 0.29) is 23.7 Å². The van der Waals surface area contributed by atoms with Crippen molar-refractivity contribution in [3.63, 3.8) is 0 Å². The number of urea groups is 1. The average Bonchev–Trinajstić information content (AvgIpc) is 3.65. The van der Waals surface area contributed by atoms with Gasteiger partial charge < -0.3 is 10.1 Å². The fraction of sp³-hybridized carbons (Fsp3) is 0.133. The van der Waals surface area contributed by atoms with Crippen molar-refractivity contribution >= 4 is 41.0 Å². The minimum atomic E-state index is -1.40. The first-order chi connectivity index (χ1) is 20.7. The topological polar surface area (TPSA) is 114 Å². The summed E-state index contributed by atoms with van der Waals surface area (Å²) in [6.45, 7) is 1.86. The molecular formula is C30H24F2N7O4+. The van der Waals surface area contributed by atoms with Crippen LogP contribution in [-0.2, 0) is 16.6 Å². The molecule has 1 aliphatic heterocycles. The monoisotopic (exact) mass is 584 g/mol. The van der Waals surface area contributed by atoms with Gasteiger partial charge in [0.2, 0.25) is 5.91 Å². The summed E-state index contributed by atoms with van der Waals surface area (Å²) < 4.78 is 39.1. The minimum Gasteiger partial charge on any atom is -0.452 e. The van der Waals surface area contributed by atoms with Gasteiger partial charge in [0.1, 0.15) is 17.0 Å². The van der Waals surface area contributed by atoms with E-state index in [1.54, 1.807) is 47.7 Å². The minimum absolute atomic E-state index is 0.0722. The Bertz CT molecular complexity index is 1930. The maximum atomic E-state index is 15.3. The first-order valence-corrected chi connectivity index (χ1v) is 13.2. The van der Waals surface area contributed by atoms with Crippen LogP contribution in [-0.4, -0.2) is 54.6 Å². The molecular weight excluding hydrogens is 560 g/mol. The molecule has 0 bridgehead atoms. The Labute approximate surface area is 243 Å². The zero-order chi connectivity index (χ0) is 30.2. The molecule has 0 saturated heterocycles. The van der Waals surface area contributed by atoms with Crippen molar-refractivity contribution in [1.29, 1.82) is 0 Å². The summed E-state index contributed by atoms with van der Waals surface area (Å²) in [7, 11) is 1.80. The third-order valence-corrected chi connectivity index (χ3v) is 6.89. The van der Waals surface area contributed by atoms with Crippen LogP contribution in [0.2, 0.25) is 0 Å². The van der Waals surface area contributed by atoms with Gasteiger partial charge in [-0.25, -0.2) is 22.7 Å². The molecule has 2 aromatic carbocycles. The van der Waals surface area contributed by atoms with Crippen molar-refractivity contribution in [3.8, 4) is 22.6 Å². The summed E-state index contributed by atoms with van der Waals surface area (Å²) in [6.07, 6.45) is 8.14. The molecule has 1 unspecified atom stereocenters. The zero-order valence-corrected chi connectivity index (χ0v) is 22.9. The number of halogens is 2. The highest BCUT2D eigenvalue weighted by Gasteiger charge is 2.47. The second-order valence-corrected chi connectivity index (χ2v) is 9.74. The fourth-order valence-electron chi connectivity index (χ4n) is 4.72. The van der Waals surface area contributed by atoms with Gasteiger partial charge in [0.15, 0.2) is 23.2 Å². The first kappa shape index (κ1) is 27.4. The molecule has 0 saturated carbocycles. The number of nitrogens with zero attached hydrogens (tertiary/aromatic N) is 6. The number of carbonyl (C=O) groups excluding carboxylic acids is 3. The van der Waals surface area contributed by atoms with Gasteiger partial charge >= 0.3 is 11.9 Å². The van der Waals surface area contributed by atoms with Crippen LogP contribution in [0.3, 0.4) is 0 Å². The quantitative estimate of drug-likeness (QED) is 0.221. The van der Waals surface area contributed by atoms with E-state index < -0.39 is 35.4 Å². The van der Waals surface area contributed by atoms with E-state index in [1.807, 2.05) is 12.4 Å². The molecule has 3 aromatic heterocycles. The number of aryl methyl sites for hydroxylation is 1. The largest absolute Gasteiger partial charge is 0.505 e. The van der Waals surface area contributed by atoms with Crippen LogP contribution in [0.5, 0.6) is 11.5 Å². The second-order valence-electron chi connectivity index (χ2n) is 9.74. The highest BCUT2D eigenvalue weighted by atomic mass is 19.1. The molecule has 5 aromatic rings. The van der Waals surface area contributed by atoms with Crippen LogP contribution in [0.15, 0.2) is 79.4 Å². The molecule has 216 valence electrons. The van der Waals surface area contributed by atoms with E-state index in [0.717, 1.165) is 34.2 Å². The lowest BCUT2D eigenvalue weighted by Crippen LogP contribution is -2.54. The Hall–Kier alpha value is -5.72. The Morgan fingerprint density at radius 1 is 1.00 bits per heavy atom. The number of hydrogen-bond acceptors (Lipinski definition) is 6. The summed E-state index contributed by atoms with van der Waals surface area (Å²) in [5.41, 5.74) is 2.37. The normalized spacial score (nSPS) is 15.1. The van der Waals surface area contributed by atoms with Crippen molar-refractivity contribution in [2.45, 2.75) is 6.92 Å². The molecule has 1 atom stereocenters. The summed E-state index contributed by atoms with van der Waals surface area (Å²) in [5, 5.41) is 11.0. The molecule has 6 rings (SSSR count). The van der Waals surface area contributed by atoms with E-state index in [9.17, 15) is 18.8 Å². The SMILES string of the molecule is CC[N+]1=CC(C(=O)Nc2ccc(Oc3cc(-c4cnn(C)c4)cn4nccc34)c(F)c2)C(=O)N(c2ccc(F)cc2)C1=O. The standard InChI is InChI=1S/C30H23F2N7O4/c1-3-37-17-23(29(41)39(30(37)42)22-7-4-20(31)5-8-22)28(40)35-21-6-9-26(24(32)13-21)43-27-12-18(19-14-34-36(2)15-19)16-38-25(27)10-11-33-38/h4-17,23H,3H2,1-2H3/p+1. The molecule has 43 heavy (non-hydrogen) atoms. The predicted octanol–water partition coefficient (Wildman–Crippen LogP) is 4.63. The lowest BCUT2D eigenvalue weighted by molar-refractivity contribution is -0.419. The van der Waals surface area contributed by atoms with Gasteiger partial charge in [0.25, 0.3) is 0 Å². The van der Waals surface area contributed by atoms with Gasteiger partial charge in [0, 0.05) is 42.3 Å². The number of aromatic nitrogens is 4. The van der Waals surface area contributed by atoms with Crippen LogP contribution >= 0.6 is 0 Å². The van der Waals surface area contributed by atoms with Crippen LogP contribution in [0, 0.1) is 17.6 Å². The van der Waals surface area contributed by atoms with E-state index in [1.165, 1.54) is 35.1 Å². The maximum Gasteiger partial charge on any atom is 0.505 e. The second kappa shape index (κ2) is 10.9. The van der Waals surface area contributed by atoms with Gasteiger partial charge in [-0.3, -0.25) is 9.48 Å². The summed E-state index contributed by atoms with van der Waals surface area (Å²) in [6, 6.07) is 11.4. The highest BCUT2D eigenvalue weighted by molar-refractivity contribution is 6.28. The van der Waals surface area contributed by atoms with Crippen molar-refractivity contribution in [2.75, 3.05) is 16.8 Å². The van der Waals surface area contributed by atoms with E-state index >= 15 is 4.39 Å². The van der Waals surface area contributed by atoms with E-state index in [4.69, 9.17) is 4.74 Å². The van der Waals surface area contributed by atoms with Crippen LogP contribution < -0.4 is 15.0 Å². The number of fused-ring (bicyclic) bond motifs is 1. The third kappa shape index (κ3) is 5.23. The molecule has 1 N–H and O–H groups in total. The molecule has 4 amide bonds. The van der Waals surface area contributed by atoms with Crippen molar-refractivity contribution < 1.29 is 32.5 Å². The Kier molecular flexibility index (Phi) is 6.98. The Balaban J connectivity index is 1.24. The molecule has 0 aliphatic carbocycles. The molecule has 13 heteroatoms. The van der Waals surface area contributed by atoms with Crippen molar-refractivity contribution in [1.82, 2.24) is 19.4 Å². The smallest absolute Gasteiger partial charge is 0.452 e. The van der Waals surface area contributed by atoms with Gasteiger partial charge in [0.05, 0.1) is 25.2 Å². The lowest BCUT2D eigenvalue weighted by Gasteiger charge is -2.22. The van der Waals surface area contributed by atoms with Gasteiger partial charge in [-0.15, -0.1) is 4.90 Å². The first-order valence-electron chi connectivity index (χ1n) is 13.2. The number of imide groups is 1. The number of hydrogen-bond donors (Lipinski definition) is 1. The van der Waals surface area contributed by atoms with Gasteiger partial charge in [-0.05, 0) is 55.5 Å². The third-order valence-electron chi connectivity index (χ3n) is 6.89. The van der Waals surface area contributed by atoms with Gasteiger partial charge in [-0.2, -0.15) is 15.0 Å². The highest BCUT2D eigenvalue weighted by Crippen LogP contribution is 2.33. The Morgan fingerprint density at radius 3 is 2.49 bits per heavy atom. The number of rotatable bonds is 7.